The molecule has 4 nitrogen and oxygen atoms in total. The number of rotatable bonds is 9. The van der Waals surface area contributed by atoms with Gasteiger partial charge in [-0.3, -0.25) is 4.79 Å². The SMILES string of the molecule is COc1ccc2cc([C@H](C)C(=O)Nc3ccc(OCCCc4ccccc4)cc3)ccc2c1. The van der Waals surface area contributed by atoms with Crippen molar-refractivity contribution >= 4 is 22.4 Å². The van der Waals surface area contributed by atoms with Gasteiger partial charge in [0.25, 0.3) is 0 Å². The smallest absolute Gasteiger partial charge is 0.231 e. The van der Waals surface area contributed by atoms with E-state index in [1.165, 1.54) is 5.56 Å². The van der Waals surface area contributed by atoms with Crippen molar-refractivity contribution in [2.75, 3.05) is 19.0 Å². The molecule has 1 N–H and O–H groups in total. The van der Waals surface area contributed by atoms with Crippen LogP contribution in [0.5, 0.6) is 11.5 Å². The molecule has 1 atom stereocenters. The molecule has 4 rings (SSSR count). The van der Waals surface area contributed by atoms with Crippen molar-refractivity contribution in [3.05, 3.63) is 102 Å². The summed E-state index contributed by atoms with van der Waals surface area (Å²) in [4.78, 5) is 12.8. The minimum atomic E-state index is -0.273. The van der Waals surface area contributed by atoms with E-state index < -0.39 is 0 Å². The van der Waals surface area contributed by atoms with Crippen molar-refractivity contribution in [3.63, 3.8) is 0 Å². The number of aryl methyl sites for hydroxylation is 1. The number of benzene rings is 4. The molecule has 0 heterocycles. The molecule has 0 bridgehead atoms. The van der Waals surface area contributed by atoms with Crippen LogP contribution in [0.4, 0.5) is 5.69 Å². The number of ether oxygens (including phenoxy) is 2. The zero-order valence-electron chi connectivity index (χ0n) is 19.1. The highest BCUT2D eigenvalue weighted by Crippen LogP contribution is 2.26. The van der Waals surface area contributed by atoms with Crippen molar-refractivity contribution in [1.29, 1.82) is 0 Å². The lowest BCUT2D eigenvalue weighted by Crippen LogP contribution is -2.18. The predicted octanol–water partition coefficient (Wildman–Crippen LogP) is 6.60. The van der Waals surface area contributed by atoms with Gasteiger partial charge in [-0.15, -0.1) is 0 Å². The average Bonchev–Trinajstić information content (AvgIpc) is 2.87. The monoisotopic (exact) mass is 439 g/mol. The third kappa shape index (κ3) is 5.92. The summed E-state index contributed by atoms with van der Waals surface area (Å²) in [6.45, 7) is 2.58. The molecule has 0 aliphatic carbocycles. The molecule has 0 saturated carbocycles. The van der Waals surface area contributed by atoms with Crippen LogP contribution < -0.4 is 14.8 Å². The molecule has 33 heavy (non-hydrogen) atoms. The zero-order chi connectivity index (χ0) is 23.0. The van der Waals surface area contributed by atoms with E-state index in [1.54, 1.807) is 7.11 Å². The maximum Gasteiger partial charge on any atom is 0.231 e. The molecule has 0 fully saturated rings. The van der Waals surface area contributed by atoms with Crippen molar-refractivity contribution in [2.45, 2.75) is 25.7 Å². The highest BCUT2D eigenvalue weighted by Gasteiger charge is 2.16. The molecular weight excluding hydrogens is 410 g/mol. The molecule has 0 aromatic heterocycles. The summed E-state index contributed by atoms with van der Waals surface area (Å²) in [5, 5.41) is 5.18. The molecule has 0 aliphatic heterocycles. The van der Waals surface area contributed by atoms with Crippen LogP contribution in [0.25, 0.3) is 10.8 Å². The van der Waals surface area contributed by atoms with Gasteiger partial charge in [0.1, 0.15) is 11.5 Å². The van der Waals surface area contributed by atoms with Gasteiger partial charge in [-0.25, -0.2) is 0 Å². The van der Waals surface area contributed by atoms with E-state index in [1.807, 2.05) is 67.6 Å². The molecule has 4 aromatic rings. The number of hydrogen-bond acceptors (Lipinski definition) is 3. The molecule has 4 aromatic carbocycles. The number of methoxy groups -OCH3 is 1. The van der Waals surface area contributed by atoms with Gasteiger partial charge >= 0.3 is 0 Å². The minimum absolute atomic E-state index is 0.0422. The van der Waals surface area contributed by atoms with Crippen molar-refractivity contribution in [2.24, 2.45) is 0 Å². The normalized spacial score (nSPS) is 11.7. The number of nitrogens with one attached hydrogen (secondary N) is 1. The van der Waals surface area contributed by atoms with Crippen molar-refractivity contribution in [1.82, 2.24) is 0 Å². The van der Waals surface area contributed by atoms with Crippen LogP contribution in [0.2, 0.25) is 0 Å². The van der Waals surface area contributed by atoms with Crippen LogP contribution in [0.1, 0.15) is 30.4 Å². The quantitative estimate of drug-likeness (QED) is 0.299. The predicted molar refractivity (Wildman–Crippen MR) is 134 cm³/mol. The third-order valence-electron chi connectivity index (χ3n) is 5.81. The molecule has 168 valence electrons. The van der Waals surface area contributed by atoms with E-state index in [0.717, 1.165) is 46.4 Å². The summed E-state index contributed by atoms with van der Waals surface area (Å²) < 4.78 is 11.1. The second kappa shape index (κ2) is 10.7. The topological polar surface area (TPSA) is 47.6 Å². The lowest BCUT2D eigenvalue weighted by molar-refractivity contribution is -0.117. The number of anilines is 1. The molecular formula is C29H29NO3. The number of amides is 1. The fourth-order valence-electron chi connectivity index (χ4n) is 3.79. The minimum Gasteiger partial charge on any atom is -0.497 e. The van der Waals surface area contributed by atoms with Crippen LogP contribution >= 0.6 is 0 Å². The maximum absolute atomic E-state index is 12.8. The highest BCUT2D eigenvalue weighted by molar-refractivity contribution is 5.96. The first kappa shape index (κ1) is 22.4. The Balaban J connectivity index is 1.30. The number of carbonyl (C=O) groups is 1. The first-order valence-corrected chi connectivity index (χ1v) is 11.3. The van der Waals surface area contributed by atoms with Crippen molar-refractivity contribution < 1.29 is 14.3 Å². The largest absolute Gasteiger partial charge is 0.497 e. The molecule has 0 aliphatic rings. The average molecular weight is 440 g/mol. The summed E-state index contributed by atoms with van der Waals surface area (Å²) >= 11 is 0. The number of hydrogen-bond donors (Lipinski definition) is 1. The number of fused-ring (bicyclic) bond motifs is 1. The third-order valence-corrected chi connectivity index (χ3v) is 5.81. The van der Waals surface area contributed by atoms with Gasteiger partial charge < -0.3 is 14.8 Å². The Morgan fingerprint density at radius 3 is 2.30 bits per heavy atom. The Bertz CT molecular complexity index is 1200. The molecule has 1 amide bonds. The van der Waals surface area contributed by atoms with Gasteiger partial charge in [0.2, 0.25) is 5.91 Å². The van der Waals surface area contributed by atoms with Gasteiger partial charge in [-0.2, -0.15) is 0 Å². The molecule has 0 saturated heterocycles. The Kier molecular flexibility index (Phi) is 7.26. The molecule has 0 unspecified atom stereocenters. The first-order chi connectivity index (χ1) is 16.1. The van der Waals surface area contributed by atoms with Crippen LogP contribution in [-0.2, 0) is 11.2 Å². The van der Waals surface area contributed by atoms with Crippen molar-refractivity contribution in [3.8, 4) is 11.5 Å². The van der Waals surface area contributed by atoms with E-state index in [0.29, 0.717) is 6.61 Å². The Labute approximate surface area is 195 Å². The first-order valence-electron chi connectivity index (χ1n) is 11.3. The lowest BCUT2D eigenvalue weighted by Gasteiger charge is -2.14. The van der Waals surface area contributed by atoms with Gasteiger partial charge in [0, 0.05) is 5.69 Å². The highest BCUT2D eigenvalue weighted by atomic mass is 16.5. The summed E-state index contributed by atoms with van der Waals surface area (Å²) in [5.41, 5.74) is 3.05. The van der Waals surface area contributed by atoms with E-state index >= 15 is 0 Å². The summed E-state index contributed by atoms with van der Waals surface area (Å²) in [6, 6.07) is 30.0. The lowest BCUT2D eigenvalue weighted by atomic mass is 9.97. The van der Waals surface area contributed by atoms with Gasteiger partial charge in [-0.1, -0.05) is 54.6 Å². The van der Waals surface area contributed by atoms with E-state index in [9.17, 15) is 4.79 Å². The van der Waals surface area contributed by atoms with E-state index in [4.69, 9.17) is 9.47 Å². The fraction of sp³-hybridized carbons (Fsp3) is 0.207. The second-order valence-electron chi connectivity index (χ2n) is 8.15. The maximum atomic E-state index is 12.8. The van der Waals surface area contributed by atoms with Gasteiger partial charge in [-0.05, 0) is 78.1 Å². The van der Waals surface area contributed by atoms with Gasteiger partial charge in [0.05, 0.1) is 19.6 Å². The van der Waals surface area contributed by atoms with Crippen LogP contribution in [0.3, 0.4) is 0 Å². The van der Waals surface area contributed by atoms with Crippen LogP contribution in [0.15, 0.2) is 91.0 Å². The molecule has 0 radical (unpaired) electrons. The molecule has 0 spiro atoms. The standard InChI is InChI=1S/C29H29NO3/c1-21(23-10-11-25-20-28(32-2)15-12-24(25)19-23)29(31)30-26-13-16-27(17-14-26)33-18-6-9-22-7-4-3-5-8-22/h3-5,7-8,10-17,19-21H,6,9,18H2,1-2H3,(H,30,31)/t21-/m0/s1. The zero-order valence-corrected chi connectivity index (χ0v) is 19.1. The van der Waals surface area contributed by atoms with E-state index in [-0.39, 0.29) is 11.8 Å². The Hall–Kier alpha value is -3.79. The second-order valence-corrected chi connectivity index (χ2v) is 8.15. The van der Waals surface area contributed by atoms with Crippen LogP contribution in [-0.4, -0.2) is 19.6 Å². The fourth-order valence-corrected chi connectivity index (χ4v) is 3.79. The van der Waals surface area contributed by atoms with Gasteiger partial charge in [0.15, 0.2) is 0 Å². The Morgan fingerprint density at radius 2 is 1.55 bits per heavy atom. The van der Waals surface area contributed by atoms with E-state index in [2.05, 4.69) is 35.6 Å². The summed E-state index contributed by atoms with van der Waals surface area (Å²) in [7, 11) is 1.66. The van der Waals surface area contributed by atoms with Crippen LogP contribution in [0, 0.1) is 0 Å². The summed E-state index contributed by atoms with van der Waals surface area (Å²) in [6.07, 6.45) is 1.95. The molecule has 4 heteroatoms. The number of carbonyl (C=O) groups excluding carboxylic acids is 1. The summed E-state index contributed by atoms with van der Waals surface area (Å²) in [5.74, 6) is 1.31. The Morgan fingerprint density at radius 1 is 0.848 bits per heavy atom.